The van der Waals surface area contributed by atoms with Crippen LogP contribution in [0.25, 0.3) is 6.08 Å². The highest BCUT2D eigenvalue weighted by atomic mass is 16.5. The maximum absolute atomic E-state index is 11.2. The lowest BCUT2D eigenvalue weighted by molar-refractivity contribution is -0.140. The summed E-state index contributed by atoms with van der Waals surface area (Å²) in [5, 5.41) is 0. The zero-order valence-electron chi connectivity index (χ0n) is 13.5. The van der Waals surface area contributed by atoms with Crippen molar-refractivity contribution in [3.8, 4) is 0 Å². The van der Waals surface area contributed by atoms with Gasteiger partial charge in [0.2, 0.25) is 0 Å². The van der Waals surface area contributed by atoms with E-state index in [1.807, 2.05) is 6.20 Å². The van der Waals surface area contributed by atoms with Gasteiger partial charge in [-0.3, -0.25) is 9.79 Å². The number of aryl methyl sites for hydroxylation is 1. The molecule has 0 unspecified atom stereocenters. The van der Waals surface area contributed by atoms with Gasteiger partial charge in [0.1, 0.15) is 0 Å². The Morgan fingerprint density at radius 3 is 2.76 bits per heavy atom. The first-order chi connectivity index (χ1) is 9.83. The highest BCUT2D eigenvalue weighted by Gasteiger charge is 2.29. The highest BCUT2D eigenvalue weighted by Crippen LogP contribution is 2.38. The summed E-state index contributed by atoms with van der Waals surface area (Å²) >= 11 is 0. The molecule has 0 atom stereocenters. The lowest BCUT2D eigenvalue weighted by Crippen LogP contribution is -2.09. The summed E-state index contributed by atoms with van der Waals surface area (Å²) in [7, 11) is 1.42. The molecule has 4 nitrogen and oxygen atoms in total. The van der Waals surface area contributed by atoms with Crippen LogP contribution in [0.1, 0.15) is 50.4 Å². The van der Waals surface area contributed by atoms with Gasteiger partial charge in [0.15, 0.2) is 0 Å². The van der Waals surface area contributed by atoms with Crippen molar-refractivity contribution in [2.24, 2.45) is 10.4 Å². The number of aromatic amines is 1. The summed E-state index contributed by atoms with van der Waals surface area (Å²) in [6.45, 7) is 8.59. The van der Waals surface area contributed by atoms with E-state index in [1.54, 1.807) is 0 Å². The minimum atomic E-state index is -0.173. The normalized spacial score (nSPS) is 18.9. The third kappa shape index (κ3) is 3.43. The zero-order chi connectivity index (χ0) is 15.6. The Bertz CT molecular complexity index is 606. The number of carbonyl (C=O) groups is 1. The third-order valence-corrected chi connectivity index (χ3v) is 4.10. The minimum Gasteiger partial charge on any atom is -0.469 e. The monoisotopic (exact) mass is 288 g/mol. The van der Waals surface area contributed by atoms with E-state index in [-0.39, 0.29) is 11.4 Å². The van der Waals surface area contributed by atoms with Crippen molar-refractivity contribution in [2.75, 3.05) is 7.11 Å². The van der Waals surface area contributed by atoms with Gasteiger partial charge >= 0.3 is 5.97 Å². The van der Waals surface area contributed by atoms with E-state index in [1.165, 1.54) is 18.4 Å². The van der Waals surface area contributed by atoms with Gasteiger partial charge in [-0.2, -0.15) is 0 Å². The number of allylic oxidation sites excluding steroid dienone is 1. The second-order valence-electron chi connectivity index (χ2n) is 6.37. The standard InChI is InChI=1S/C17H24N2O2/c1-11-9-17(3,4)15(19-11)8-14-12(2)13(10-18-14)6-7-16(20)21-5/h8,10,18H,6-7,9H2,1-5H3/b15-8-. The first-order valence-corrected chi connectivity index (χ1v) is 7.33. The van der Waals surface area contributed by atoms with Crippen molar-refractivity contribution in [2.45, 2.75) is 47.0 Å². The largest absolute Gasteiger partial charge is 0.469 e. The summed E-state index contributed by atoms with van der Waals surface area (Å²) in [4.78, 5) is 19.2. The molecule has 1 aromatic heterocycles. The molecule has 2 heterocycles. The van der Waals surface area contributed by atoms with Crippen LogP contribution in [-0.4, -0.2) is 23.8 Å². The molecule has 1 aromatic rings. The molecule has 0 fully saturated rings. The summed E-state index contributed by atoms with van der Waals surface area (Å²) in [6, 6.07) is 0. The van der Waals surface area contributed by atoms with E-state index in [4.69, 9.17) is 0 Å². The number of ether oxygens (including phenoxy) is 1. The molecule has 1 aliphatic rings. The van der Waals surface area contributed by atoms with E-state index in [0.717, 1.165) is 23.4 Å². The van der Waals surface area contributed by atoms with E-state index in [2.05, 4.69) is 48.5 Å². The second-order valence-corrected chi connectivity index (χ2v) is 6.37. The molecule has 1 N–H and O–H groups in total. The summed E-state index contributed by atoms with van der Waals surface area (Å²) < 4.78 is 4.69. The summed E-state index contributed by atoms with van der Waals surface area (Å²) in [6.07, 6.45) is 6.22. The van der Waals surface area contributed by atoms with Crippen molar-refractivity contribution in [1.29, 1.82) is 0 Å². The Morgan fingerprint density at radius 1 is 1.48 bits per heavy atom. The predicted molar refractivity (Wildman–Crippen MR) is 85.4 cm³/mol. The molecule has 0 spiro atoms. The molecule has 0 amide bonds. The number of aromatic nitrogens is 1. The molecular formula is C17H24N2O2. The van der Waals surface area contributed by atoms with Crippen LogP contribution < -0.4 is 0 Å². The van der Waals surface area contributed by atoms with Crippen LogP contribution in [0, 0.1) is 12.3 Å². The Labute approximate surface area is 126 Å². The molecule has 0 radical (unpaired) electrons. The molecule has 4 heteroatoms. The van der Waals surface area contributed by atoms with Crippen LogP contribution >= 0.6 is 0 Å². The van der Waals surface area contributed by atoms with Crippen LogP contribution in [0.5, 0.6) is 0 Å². The van der Waals surface area contributed by atoms with Crippen molar-refractivity contribution >= 4 is 17.8 Å². The van der Waals surface area contributed by atoms with Crippen LogP contribution in [0.4, 0.5) is 0 Å². The fourth-order valence-electron chi connectivity index (χ4n) is 2.79. The number of aliphatic imine (C=N–C) groups is 1. The maximum Gasteiger partial charge on any atom is 0.305 e. The lowest BCUT2D eigenvalue weighted by Gasteiger charge is -2.17. The summed E-state index contributed by atoms with van der Waals surface area (Å²) in [5.74, 6) is -0.173. The molecule has 1 aliphatic heterocycles. The van der Waals surface area contributed by atoms with Crippen molar-refractivity contribution in [1.82, 2.24) is 4.98 Å². The van der Waals surface area contributed by atoms with Crippen LogP contribution in [-0.2, 0) is 16.0 Å². The predicted octanol–water partition coefficient (Wildman–Crippen LogP) is 3.66. The Balaban J connectivity index is 2.19. The van der Waals surface area contributed by atoms with Crippen LogP contribution in [0.15, 0.2) is 16.9 Å². The van der Waals surface area contributed by atoms with Gasteiger partial charge in [-0.25, -0.2) is 0 Å². The summed E-state index contributed by atoms with van der Waals surface area (Å²) in [5.41, 5.74) is 5.81. The molecule has 114 valence electrons. The zero-order valence-corrected chi connectivity index (χ0v) is 13.5. The van der Waals surface area contributed by atoms with Gasteiger partial charge in [0.05, 0.1) is 7.11 Å². The first kappa shape index (κ1) is 15.5. The van der Waals surface area contributed by atoms with Crippen molar-refractivity contribution < 1.29 is 9.53 Å². The smallest absolute Gasteiger partial charge is 0.305 e. The molecule has 0 saturated heterocycles. The number of nitrogens with zero attached hydrogens (tertiary/aromatic N) is 1. The van der Waals surface area contributed by atoms with Gasteiger partial charge in [0.25, 0.3) is 0 Å². The van der Waals surface area contributed by atoms with E-state index >= 15 is 0 Å². The fraction of sp³-hybridized carbons (Fsp3) is 0.529. The van der Waals surface area contributed by atoms with E-state index < -0.39 is 0 Å². The van der Waals surface area contributed by atoms with Crippen LogP contribution in [0.2, 0.25) is 0 Å². The fourth-order valence-corrected chi connectivity index (χ4v) is 2.79. The Morgan fingerprint density at radius 2 is 2.19 bits per heavy atom. The van der Waals surface area contributed by atoms with Gasteiger partial charge in [0, 0.05) is 35.1 Å². The average Bonchev–Trinajstić information content (AvgIpc) is 2.88. The topological polar surface area (TPSA) is 54.5 Å². The van der Waals surface area contributed by atoms with Gasteiger partial charge in [-0.15, -0.1) is 0 Å². The number of carbonyl (C=O) groups excluding carboxylic acids is 1. The number of H-pyrrole nitrogens is 1. The minimum absolute atomic E-state index is 0.0911. The number of nitrogens with one attached hydrogen (secondary N) is 1. The maximum atomic E-state index is 11.2. The molecule has 2 rings (SSSR count). The quantitative estimate of drug-likeness (QED) is 0.860. The van der Waals surface area contributed by atoms with E-state index in [9.17, 15) is 4.79 Å². The van der Waals surface area contributed by atoms with Gasteiger partial charge in [-0.1, -0.05) is 13.8 Å². The molecule has 0 saturated carbocycles. The number of esters is 1. The van der Waals surface area contributed by atoms with Gasteiger partial charge < -0.3 is 9.72 Å². The first-order valence-electron chi connectivity index (χ1n) is 7.33. The average molecular weight is 288 g/mol. The second kappa shape index (κ2) is 5.88. The number of hydrogen-bond donors (Lipinski definition) is 1. The number of rotatable bonds is 4. The third-order valence-electron chi connectivity index (χ3n) is 4.10. The Kier molecular flexibility index (Phi) is 4.35. The molecule has 0 aliphatic carbocycles. The van der Waals surface area contributed by atoms with Crippen molar-refractivity contribution in [3.63, 3.8) is 0 Å². The molecular weight excluding hydrogens is 264 g/mol. The number of hydrogen-bond acceptors (Lipinski definition) is 3. The highest BCUT2D eigenvalue weighted by molar-refractivity contribution is 5.87. The van der Waals surface area contributed by atoms with E-state index in [0.29, 0.717) is 12.8 Å². The SMILES string of the molecule is COC(=O)CCc1c[nH]c(/C=C2\N=C(C)CC2(C)C)c1C. The van der Waals surface area contributed by atoms with Gasteiger partial charge in [-0.05, 0) is 43.9 Å². The van der Waals surface area contributed by atoms with Crippen molar-refractivity contribution in [3.05, 3.63) is 28.7 Å². The Hall–Kier alpha value is -1.84. The van der Waals surface area contributed by atoms with Crippen LogP contribution in [0.3, 0.4) is 0 Å². The molecule has 0 aromatic carbocycles. The molecule has 0 bridgehead atoms. The molecule has 21 heavy (non-hydrogen) atoms. The lowest BCUT2D eigenvalue weighted by atomic mass is 9.86. The number of methoxy groups -OCH3 is 1.